The average molecular weight is 450 g/mol. The van der Waals surface area contributed by atoms with E-state index in [1.165, 1.54) is 12.1 Å². The van der Waals surface area contributed by atoms with E-state index in [-0.39, 0.29) is 23.9 Å². The van der Waals surface area contributed by atoms with Crippen LogP contribution in [0.3, 0.4) is 0 Å². The second-order valence-electron chi connectivity index (χ2n) is 7.09. The maximum atomic E-state index is 13.0. The van der Waals surface area contributed by atoms with Crippen molar-refractivity contribution in [3.05, 3.63) is 78.5 Å². The van der Waals surface area contributed by atoms with Crippen LogP contribution >= 0.6 is 0 Å². The molecule has 0 saturated heterocycles. The Bertz CT molecular complexity index is 1340. The zero-order chi connectivity index (χ0) is 22.6. The van der Waals surface area contributed by atoms with Crippen molar-refractivity contribution in [2.24, 2.45) is 0 Å². The Balaban J connectivity index is 1.52. The van der Waals surface area contributed by atoms with Crippen LogP contribution in [-0.2, 0) is 16.6 Å². The van der Waals surface area contributed by atoms with Crippen molar-refractivity contribution >= 4 is 27.0 Å². The number of rotatable bonds is 8. The predicted molar refractivity (Wildman–Crippen MR) is 123 cm³/mol. The lowest BCUT2D eigenvalue weighted by Crippen LogP contribution is -2.34. The molecule has 0 aliphatic heterocycles. The first-order valence-corrected chi connectivity index (χ1v) is 11.7. The van der Waals surface area contributed by atoms with Gasteiger partial charge in [-0.15, -0.1) is 0 Å². The monoisotopic (exact) mass is 449 g/mol. The Kier molecular flexibility index (Phi) is 6.29. The molecule has 0 unspecified atom stereocenters. The Morgan fingerprint density at radius 1 is 1.00 bits per heavy atom. The van der Waals surface area contributed by atoms with Crippen molar-refractivity contribution in [2.75, 3.05) is 13.1 Å². The van der Waals surface area contributed by atoms with Gasteiger partial charge in [-0.3, -0.25) is 4.79 Å². The molecule has 0 aliphatic carbocycles. The Morgan fingerprint density at radius 2 is 1.69 bits per heavy atom. The van der Waals surface area contributed by atoms with Crippen molar-refractivity contribution in [1.29, 1.82) is 0 Å². The van der Waals surface area contributed by atoms with Crippen LogP contribution in [0.2, 0.25) is 0 Å². The van der Waals surface area contributed by atoms with Gasteiger partial charge in [0.1, 0.15) is 0 Å². The van der Waals surface area contributed by atoms with E-state index < -0.39 is 10.0 Å². The van der Waals surface area contributed by atoms with E-state index in [9.17, 15) is 13.2 Å². The molecule has 4 aromatic rings. The molecule has 32 heavy (non-hydrogen) atoms. The molecule has 0 atom stereocenters. The lowest BCUT2D eigenvalue weighted by molar-refractivity contribution is 0.0956. The molecule has 2 N–H and O–H groups in total. The molecule has 2 aromatic heterocycles. The van der Waals surface area contributed by atoms with Gasteiger partial charge in [-0.25, -0.2) is 22.8 Å². The quantitative estimate of drug-likeness (QED) is 0.403. The fourth-order valence-electron chi connectivity index (χ4n) is 3.36. The first-order valence-electron chi connectivity index (χ1n) is 10.2. The summed E-state index contributed by atoms with van der Waals surface area (Å²) in [5.41, 5.74) is 2.63. The number of hydrogen-bond acceptors (Lipinski definition) is 5. The summed E-state index contributed by atoms with van der Waals surface area (Å²) in [6.45, 7) is 2.78. The molecule has 164 valence electrons. The minimum absolute atomic E-state index is 0.0664. The standard InChI is InChI=1S/C23H23N5O3S/c1-2-28-22-20(16-25-28)19(15-21(27-22)17-9-5-3-6-10-17)23(29)24-13-14-26-32(30,31)18-11-7-4-8-12-18/h3-12,15-16,26H,2,13-14H2,1H3,(H,24,29). The van der Waals surface area contributed by atoms with Gasteiger partial charge in [-0.05, 0) is 25.1 Å². The van der Waals surface area contributed by atoms with Gasteiger partial charge in [-0.2, -0.15) is 5.10 Å². The summed E-state index contributed by atoms with van der Waals surface area (Å²) in [6.07, 6.45) is 1.63. The fraction of sp³-hybridized carbons (Fsp3) is 0.174. The van der Waals surface area contributed by atoms with Gasteiger partial charge in [0, 0.05) is 25.2 Å². The van der Waals surface area contributed by atoms with E-state index in [0.29, 0.717) is 28.8 Å². The minimum Gasteiger partial charge on any atom is -0.351 e. The van der Waals surface area contributed by atoms with Crippen LogP contribution in [-0.4, -0.2) is 42.2 Å². The highest BCUT2D eigenvalue weighted by molar-refractivity contribution is 7.89. The topological polar surface area (TPSA) is 106 Å². The zero-order valence-electron chi connectivity index (χ0n) is 17.5. The second-order valence-corrected chi connectivity index (χ2v) is 8.85. The third-order valence-corrected chi connectivity index (χ3v) is 6.46. The molecule has 0 saturated carbocycles. The number of fused-ring (bicyclic) bond motifs is 1. The van der Waals surface area contributed by atoms with Gasteiger partial charge >= 0.3 is 0 Å². The number of aromatic nitrogens is 3. The summed E-state index contributed by atoms with van der Waals surface area (Å²) in [4.78, 5) is 17.9. The number of benzene rings is 2. The summed E-state index contributed by atoms with van der Waals surface area (Å²) in [6, 6.07) is 19.5. The van der Waals surface area contributed by atoms with E-state index in [4.69, 9.17) is 4.98 Å². The van der Waals surface area contributed by atoms with E-state index in [0.717, 1.165) is 5.56 Å². The third-order valence-electron chi connectivity index (χ3n) is 4.98. The van der Waals surface area contributed by atoms with Gasteiger partial charge in [0.05, 0.1) is 27.7 Å². The molecule has 0 spiro atoms. The van der Waals surface area contributed by atoms with Crippen LogP contribution in [0.15, 0.2) is 77.8 Å². The largest absolute Gasteiger partial charge is 0.351 e. The summed E-state index contributed by atoms with van der Waals surface area (Å²) < 4.78 is 28.9. The van der Waals surface area contributed by atoms with Crippen LogP contribution in [0.5, 0.6) is 0 Å². The summed E-state index contributed by atoms with van der Waals surface area (Å²) >= 11 is 0. The molecule has 9 heteroatoms. The summed E-state index contributed by atoms with van der Waals surface area (Å²) in [7, 11) is -3.62. The lowest BCUT2D eigenvalue weighted by atomic mass is 10.1. The Morgan fingerprint density at radius 3 is 2.38 bits per heavy atom. The second kappa shape index (κ2) is 9.29. The number of pyridine rings is 1. The van der Waals surface area contributed by atoms with Crippen molar-refractivity contribution in [3.63, 3.8) is 0 Å². The highest BCUT2D eigenvalue weighted by Gasteiger charge is 2.18. The van der Waals surface area contributed by atoms with E-state index in [2.05, 4.69) is 15.1 Å². The first-order chi connectivity index (χ1) is 15.5. The molecular formula is C23H23N5O3S. The molecule has 1 amide bonds. The van der Waals surface area contributed by atoms with Gasteiger partial charge < -0.3 is 5.32 Å². The predicted octanol–water partition coefficient (Wildman–Crippen LogP) is 2.83. The van der Waals surface area contributed by atoms with Crippen LogP contribution in [0.1, 0.15) is 17.3 Å². The van der Waals surface area contributed by atoms with Crippen LogP contribution in [0.25, 0.3) is 22.3 Å². The molecule has 0 aliphatic rings. The molecule has 2 aromatic carbocycles. The number of nitrogens with zero attached hydrogens (tertiary/aromatic N) is 3. The molecule has 0 bridgehead atoms. The molecule has 2 heterocycles. The first kappa shape index (κ1) is 21.7. The molecule has 0 fully saturated rings. The summed E-state index contributed by atoms with van der Waals surface area (Å²) in [5.74, 6) is -0.316. The maximum Gasteiger partial charge on any atom is 0.252 e. The molecule has 8 nitrogen and oxygen atoms in total. The Labute approximate surface area is 186 Å². The normalized spacial score (nSPS) is 11.5. The van der Waals surface area contributed by atoms with E-state index >= 15 is 0 Å². The highest BCUT2D eigenvalue weighted by Crippen LogP contribution is 2.24. The zero-order valence-corrected chi connectivity index (χ0v) is 18.3. The van der Waals surface area contributed by atoms with E-state index in [1.54, 1.807) is 35.1 Å². The number of aryl methyl sites for hydroxylation is 1. The number of sulfonamides is 1. The van der Waals surface area contributed by atoms with Crippen LogP contribution in [0.4, 0.5) is 0 Å². The van der Waals surface area contributed by atoms with Crippen molar-refractivity contribution in [3.8, 4) is 11.3 Å². The number of carbonyl (C=O) groups excluding carboxylic acids is 1. The smallest absolute Gasteiger partial charge is 0.252 e. The van der Waals surface area contributed by atoms with Crippen LogP contribution < -0.4 is 10.0 Å². The number of amides is 1. The minimum atomic E-state index is -3.62. The highest BCUT2D eigenvalue weighted by atomic mass is 32.2. The van der Waals surface area contributed by atoms with Crippen molar-refractivity contribution < 1.29 is 13.2 Å². The lowest BCUT2D eigenvalue weighted by Gasteiger charge is -2.10. The number of nitrogens with one attached hydrogen (secondary N) is 2. The molecule has 0 radical (unpaired) electrons. The van der Waals surface area contributed by atoms with Crippen LogP contribution in [0, 0.1) is 0 Å². The molecule has 4 rings (SSSR count). The SMILES string of the molecule is CCn1ncc2c(C(=O)NCCNS(=O)(=O)c3ccccc3)cc(-c3ccccc3)nc21. The number of carbonyl (C=O) groups is 1. The van der Waals surface area contributed by atoms with Crippen molar-refractivity contribution in [1.82, 2.24) is 24.8 Å². The fourth-order valence-corrected chi connectivity index (χ4v) is 4.42. The average Bonchev–Trinajstić information content (AvgIpc) is 3.25. The van der Waals surface area contributed by atoms with E-state index in [1.807, 2.05) is 37.3 Å². The molecular weight excluding hydrogens is 426 g/mol. The van der Waals surface area contributed by atoms with Crippen molar-refractivity contribution in [2.45, 2.75) is 18.4 Å². The van der Waals surface area contributed by atoms with Gasteiger partial charge in [-0.1, -0.05) is 48.5 Å². The summed E-state index contributed by atoms with van der Waals surface area (Å²) in [5, 5.41) is 7.77. The van der Waals surface area contributed by atoms with Gasteiger partial charge in [0.15, 0.2) is 5.65 Å². The van der Waals surface area contributed by atoms with Gasteiger partial charge in [0.25, 0.3) is 5.91 Å². The maximum absolute atomic E-state index is 13.0. The number of hydrogen-bond donors (Lipinski definition) is 2. The Hall–Kier alpha value is -3.56. The van der Waals surface area contributed by atoms with Gasteiger partial charge in [0.2, 0.25) is 10.0 Å². The third kappa shape index (κ3) is 4.53.